The summed E-state index contributed by atoms with van der Waals surface area (Å²) in [6.45, 7) is 10.4. The molecule has 4 nitrogen and oxygen atoms in total. The second-order valence-electron chi connectivity index (χ2n) is 8.08. The van der Waals surface area contributed by atoms with E-state index in [1.807, 2.05) is 45.9 Å². The van der Waals surface area contributed by atoms with E-state index in [2.05, 4.69) is 42.6 Å². The Bertz CT molecular complexity index is 812. The van der Waals surface area contributed by atoms with Gasteiger partial charge in [-0.2, -0.15) is 0 Å². The molecule has 0 bridgehead atoms. The van der Waals surface area contributed by atoms with Crippen LogP contribution in [0.15, 0.2) is 48.5 Å². The number of aryl methyl sites for hydroxylation is 3. The molecule has 0 spiro atoms. The molecule has 2 amide bonds. The van der Waals surface area contributed by atoms with Gasteiger partial charge in [-0.15, -0.1) is 0 Å². The van der Waals surface area contributed by atoms with E-state index in [1.54, 1.807) is 4.90 Å². The molecule has 0 saturated carbocycles. The number of nitrogens with one attached hydrogen (secondary N) is 1. The fourth-order valence-corrected chi connectivity index (χ4v) is 3.46. The van der Waals surface area contributed by atoms with E-state index in [9.17, 15) is 9.59 Å². The number of carbonyl (C=O) groups is 2. The Morgan fingerprint density at radius 1 is 0.966 bits per heavy atom. The molecule has 2 rings (SSSR count). The van der Waals surface area contributed by atoms with Gasteiger partial charge in [-0.1, -0.05) is 66.6 Å². The molecule has 0 saturated heterocycles. The summed E-state index contributed by atoms with van der Waals surface area (Å²) in [5.74, 6) is -0.0725. The van der Waals surface area contributed by atoms with Crippen LogP contribution in [0.1, 0.15) is 55.9 Å². The fraction of sp³-hybridized carbons (Fsp3) is 0.440. The molecule has 4 heteroatoms. The number of nitrogens with zero attached hydrogens (tertiary/aromatic N) is 1. The van der Waals surface area contributed by atoms with Crippen LogP contribution in [0, 0.1) is 13.8 Å². The summed E-state index contributed by atoms with van der Waals surface area (Å²) in [4.78, 5) is 27.8. The van der Waals surface area contributed by atoms with Crippen LogP contribution in [-0.4, -0.2) is 28.8 Å². The van der Waals surface area contributed by atoms with E-state index in [1.165, 1.54) is 5.56 Å². The zero-order chi connectivity index (χ0) is 21.4. The number of carbonyl (C=O) groups excluding carboxylic acids is 2. The molecule has 2 aromatic carbocycles. The minimum Gasteiger partial charge on any atom is -0.352 e. The number of rotatable bonds is 9. The summed E-state index contributed by atoms with van der Waals surface area (Å²) in [6.07, 6.45) is 1.65. The van der Waals surface area contributed by atoms with E-state index >= 15 is 0 Å². The molecule has 1 unspecified atom stereocenters. The first-order valence-corrected chi connectivity index (χ1v) is 10.5. The molecule has 0 aliphatic rings. The van der Waals surface area contributed by atoms with E-state index < -0.39 is 6.04 Å². The smallest absolute Gasteiger partial charge is 0.243 e. The summed E-state index contributed by atoms with van der Waals surface area (Å²) in [6, 6.07) is 16.0. The second kappa shape index (κ2) is 10.8. The Morgan fingerprint density at radius 3 is 2.24 bits per heavy atom. The second-order valence-corrected chi connectivity index (χ2v) is 8.08. The quantitative estimate of drug-likeness (QED) is 0.677. The lowest BCUT2D eigenvalue weighted by atomic mass is 10.0. The van der Waals surface area contributed by atoms with Crippen molar-refractivity contribution in [2.45, 2.75) is 72.5 Å². The van der Waals surface area contributed by atoms with Crippen LogP contribution in [0.3, 0.4) is 0 Å². The van der Waals surface area contributed by atoms with Gasteiger partial charge in [-0.05, 0) is 51.7 Å². The van der Waals surface area contributed by atoms with Gasteiger partial charge in [0.1, 0.15) is 6.04 Å². The van der Waals surface area contributed by atoms with Crippen molar-refractivity contribution >= 4 is 11.8 Å². The van der Waals surface area contributed by atoms with Crippen molar-refractivity contribution in [2.75, 3.05) is 0 Å². The maximum atomic E-state index is 13.2. The molecular formula is C25H34N2O2. The molecule has 0 fully saturated rings. The Kier molecular flexibility index (Phi) is 8.44. The van der Waals surface area contributed by atoms with E-state index in [0.29, 0.717) is 25.8 Å². The van der Waals surface area contributed by atoms with Gasteiger partial charge in [0.05, 0.1) is 0 Å². The molecule has 0 heterocycles. The Hall–Kier alpha value is -2.62. The number of amides is 2. The highest BCUT2D eigenvalue weighted by molar-refractivity contribution is 5.87. The van der Waals surface area contributed by atoms with Gasteiger partial charge in [0.15, 0.2) is 0 Å². The predicted molar refractivity (Wildman–Crippen MR) is 119 cm³/mol. The summed E-state index contributed by atoms with van der Waals surface area (Å²) in [5.41, 5.74) is 4.54. The SMILES string of the molecule is CCC(C(=O)NC(C)C)N(Cc1cccc(C)c1)C(=O)CCc1ccc(C)cc1. The van der Waals surface area contributed by atoms with Crippen molar-refractivity contribution in [1.82, 2.24) is 10.2 Å². The maximum Gasteiger partial charge on any atom is 0.243 e. The molecule has 156 valence electrons. The number of hydrogen-bond acceptors (Lipinski definition) is 2. The van der Waals surface area contributed by atoms with Gasteiger partial charge in [0.2, 0.25) is 11.8 Å². The van der Waals surface area contributed by atoms with E-state index in [4.69, 9.17) is 0 Å². The predicted octanol–water partition coefficient (Wildman–Crippen LogP) is 4.57. The van der Waals surface area contributed by atoms with Crippen molar-refractivity contribution in [3.8, 4) is 0 Å². The standard InChI is InChI=1S/C25H34N2O2/c1-6-23(25(29)26-18(2)3)27(17-22-9-7-8-20(5)16-22)24(28)15-14-21-12-10-19(4)11-13-21/h7-13,16,18,23H,6,14-15,17H2,1-5H3,(H,26,29). The normalized spacial score (nSPS) is 11.9. The third-order valence-electron chi connectivity index (χ3n) is 5.00. The maximum absolute atomic E-state index is 13.2. The Labute approximate surface area is 175 Å². The van der Waals surface area contributed by atoms with Crippen LogP contribution in [-0.2, 0) is 22.6 Å². The molecule has 29 heavy (non-hydrogen) atoms. The largest absolute Gasteiger partial charge is 0.352 e. The van der Waals surface area contributed by atoms with Crippen molar-refractivity contribution in [2.24, 2.45) is 0 Å². The van der Waals surface area contributed by atoms with E-state index in [0.717, 1.165) is 16.7 Å². The monoisotopic (exact) mass is 394 g/mol. The third-order valence-corrected chi connectivity index (χ3v) is 5.00. The summed E-state index contributed by atoms with van der Waals surface area (Å²) < 4.78 is 0. The van der Waals surface area contributed by atoms with Crippen molar-refractivity contribution in [3.05, 3.63) is 70.8 Å². The molecule has 1 atom stereocenters. The Morgan fingerprint density at radius 2 is 1.66 bits per heavy atom. The summed E-state index contributed by atoms with van der Waals surface area (Å²) >= 11 is 0. The van der Waals surface area contributed by atoms with Crippen molar-refractivity contribution in [3.63, 3.8) is 0 Å². The Balaban J connectivity index is 2.20. The molecule has 0 radical (unpaired) electrons. The average molecular weight is 395 g/mol. The lowest BCUT2D eigenvalue weighted by Crippen LogP contribution is -2.50. The van der Waals surface area contributed by atoms with Crippen LogP contribution in [0.4, 0.5) is 0 Å². The highest BCUT2D eigenvalue weighted by Gasteiger charge is 2.28. The van der Waals surface area contributed by atoms with Gasteiger partial charge in [0, 0.05) is 19.0 Å². The molecule has 0 aliphatic carbocycles. The third kappa shape index (κ3) is 7.04. The molecule has 0 aliphatic heterocycles. The lowest BCUT2D eigenvalue weighted by molar-refractivity contribution is -0.141. The van der Waals surface area contributed by atoms with Crippen molar-refractivity contribution < 1.29 is 9.59 Å². The van der Waals surface area contributed by atoms with E-state index in [-0.39, 0.29) is 17.9 Å². The van der Waals surface area contributed by atoms with Gasteiger partial charge < -0.3 is 10.2 Å². The first-order valence-electron chi connectivity index (χ1n) is 10.5. The van der Waals surface area contributed by atoms with Crippen molar-refractivity contribution in [1.29, 1.82) is 0 Å². The minimum absolute atomic E-state index is 0.0119. The molecule has 2 aromatic rings. The molecular weight excluding hydrogens is 360 g/mol. The number of benzene rings is 2. The average Bonchev–Trinajstić information content (AvgIpc) is 2.66. The van der Waals surface area contributed by atoms with Crippen LogP contribution < -0.4 is 5.32 Å². The van der Waals surface area contributed by atoms with Crippen LogP contribution >= 0.6 is 0 Å². The highest BCUT2D eigenvalue weighted by Crippen LogP contribution is 2.16. The molecule has 0 aromatic heterocycles. The zero-order valence-corrected chi connectivity index (χ0v) is 18.4. The minimum atomic E-state index is -0.469. The van der Waals surface area contributed by atoms with Crippen LogP contribution in [0.5, 0.6) is 0 Å². The first kappa shape index (κ1) is 22.7. The fourth-order valence-electron chi connectivity index (χ4n) is 3.46. The topological polar surface area (TPSA) is 49.4 Å². The summed E-state index contributed by atoms with van der Waals surface area (Å²) in [5, 5.41) is 2.97. The summed E-state index contributed by atoms with van der Waals surface area (Å²) in [7, 11) is 0. The zero-order valence-electron chi connectivity index (χ0n) is 18.4. The first-order chi connectivity index (χ1) is 13.8. The van der Waals surface area contributed by atoms with Crippen LogP contribution in [0.25, 0.3) is 0 Å². The molecule has 1 N–H and O–H groups in total. The van der Waals surface area contributed by atoms with Crippen LogP contribution in [0.2, 0.25) is 0 Å². The lowest BCUT2D eigenvalue weighted by Gasteiger charge is -2.31. The highest BCUT2D eigenvalue weighted by atomic mass is 16.2. The van der Waals surface area contributed by atoms with Gasteiger partial charge in [-0.25, -0.2) is 0 Å². The van der Waals surface area contributed by atoms with Gasteiger partial charge in [-0.3, -0.25) is 9.59 Å². The van der Waals surface area contributed by atoms with Gasteiger partial charge >= 0.3 is 0 Å². The number of hydrogen-bond donors (Lipinski definition) is 1. The van der Waals surface area contributed by atoms with Gasteiger partial charge in [0.25, 0.3) is 0 Å².